The molecule has 318 valence electrons. The van der Waals surface area contributed by atoms with E-state index in [1.807, 2.05) is 52.0 Å². The molecule has 2 unspecified atom stereocenters. The summed E-state index contributed by atoms with van der Waals surface area (Å²) in [5.41, 5.74) is -1.03. The predicted octanol–water partition coefficient (Wildman–Crippen LogP) is 3.10. The van der Waals surface area contributed by atoms with Crippen LogP contribution >= 0.6 is 0 Å². The molecule has 5 rings (SSSR count). The molecule has 1 amide bonds. The number of aliphatic hydroxyl groups excluding tert-OH is 1. The number of Topliss-reactive ketones (excluding diaryl/α,β-unsaturated/α-hetero) is 1. The number of hydrogen-bond donors (Lipinski definition) is 2. The molecule has 0 saturated carbocycles. The molecule has 57 heavy (non-hydrogen) atoms. The lowest BCUT2D eigenvalue weighted by molar-refractivity contribution is -0.295. The quantitative estimate of drug-likeness (QED) is 0.202. The second kappa shape index (κ2) is 18.5. The van der Waals surface area contributed by atoms with E-state index in [1.54, 1.807) is 49.7 Å². The normalized spacial score (nSPS) is 37.3. The Hall–Kier alpha value is -3.61. The molecule has 3 fully saturated rings. The van der Waals surface area contributed by atoms with Gasteiger partial charge >= 0.3 is 12.1 Å². The average molecular weight is 801 g/mol. The minimum Gasteiger partial charge on any atom is -0.458 e. The Morgan fingerprint density at radius 1 is 1.04 bits per heavy atom. The Labute approximate surface area is 336 Å². The van der Waals surface area contributed by atoms with E-state index in [1.165, 1.54) is 6.92 Å². The monoisotopic (exact) mass is 800 g/mol. The van der Waals surface area contributed by atoms with Gasteiger partial charge in [0, 0.05) is 44.4 Å². The number of nitrogens with one attached hydrogen (secondary N) is 1. The van der Waals surface area contributed by atoms with Crippen LogP contribution in [-0.4, -0.2) is 152 Å². The van der Waals surface area contributed by atoms with E-state index in [0.29, 0.717) is 56.7 Å². The van der Waals surface area contributed by atoms with Crippen molar-refractivity contribution in [2.75, 3.05) is 34.3 Å². The first kappa shape index (κ1) is 44.5. The number of hydrogen-bond acceptors (Lipinski definition) is 15. The second-order valence-corrected chi connectivity index (χ2v) is 17.0. The Bertz CT molecular complexity index is 1670. The average Bonchev–Trinajstić information content (AvgIpc) is 3.76. The number of carbonyl (C=O) groups excluding carboxylic acids is 3. The van der Waals surface area contributed by atoms with Crippen LogP contribution in [0.1, 0.15) is 81.1 Å². The summed E-state index contributed by atoms with van der Waals surface area (Å²) in [4.78, 5) is 45.4. The molecular formula is C40H64N8O9. The van der Waals surface area contributed by atoms with E-state index in [9.17, 15) is 19.5 Å². The summed E-state index contributed by atoms with van der Waals surface area (Å²) in [5.74, 6) is -3.19. The molecule has 0 radical (unpaired) electrons. The van der Waals surface area contributed by atoms with E-state index in [0.717, 1.165) is 0 Å². The lowest BCUT2D eigenvalue weighted by Crippen LogP contribution is -2.60. The molecule has 3 aliphatic rings. The highest BCUT2D eigenvalue weighted by molar-refractivity contribution is 6.00. The van der Waals surface area contributed by atoms with Crippen LogP contribution in [-0.2, 0) is 39.8 Å². The molecule has 0 aliphatic carbocycles. The molecule has 0 spiro atoms. The van der Waals surface area contributed by atoms with Gasteiger partial charge in [-0.3, -0.25) is 19.2 Å². The summed E-state index contributed by atoms with van der Waals surface area (Å²) >= 11 is 0. The van der Waals surface area contributed by atoms with Crippen LogP contribution in [0.25, 0.3) is 11.4 Å². The number of cyclic esters (lactones) is 1. The van der Waals surface area contributed by atoms with Gasteiger partial charge in [-0.1, -0.05) is 19.1 Å². The van der Waals surface area contributed by atoms with Gasteiger partial charge in [0.15, 0.2) is 17.7 Å². The van der Waals surface area contributed by atoms with E-state index in [2.05, 4.69) is 32.7 Å². The van der Waals surface area contributed by atoms with Crippen molar-refractivity contribution in [3.63, 3.8) is 0 Å². The van der Waals surface area contributed by atoms with Crippen LogP contribution < -0.4 is 5.32 Å². The summed E-state index contributed by atoms with van der Waals surface area (Å²) in [6.45, 7) is 16.1. The Morgan fingerprint density at radius 2 is 1.75 bits per heavy atom. The third kappa shape index (κ3) is 9.82. The number of aromatic nitrogens is 5. The second-order valence-electron chi connectivity index (χ2n) is 17.0. The summed E-state index contributed by atoms with van der Waals surface area (Å²) in [6, 6.07) is 2.56. The fourth-order valence-electron chi connectivity index (χ4n) is 8.79. The van der Waals surface area contributed by atoms with Crippen molar-refractivity contribution in [3.05, 3.63) is 24.5 Å². The SMILES string of the molecule is CO[C@]1(C)C[C@@H](C)CN[C@H](C)[C@H]2N(CCCCn3cc(-c4cccnn4)nn3)C(=O)O[C@]2(C)[C@@H](C)OC(=O)[C@H](C)C(=O)[C@H](C)[C@H]1O[C@@H]1O[C@H](C)CC(N(C)C)C1O. The third-order valence-electron chi connectivity index (χ3n) is 12.3. The van der Waals surface area contributed by atoms with E-state index in [4.69, 9.17) is 23.7 Å². The van der Waals surface area contributed by atoms with Gasteiger partial charge in [0.05, 0.1) is 30.0 Å². The molecule has 0 bridgehead atoms. The van der Waals surface area contributed by atoms with E-state index < -0.39 is 71.5 Å². The number of fused-ring (bicyclic) bond motifs is 1. The van der Waals surface area contributed by atoms with Crippen molar-refractivity contribution in [1.29, 1.82) is 0 Å². The van der Waals surface area contributed by atoms with Crippen molar-refractivity contribution in [2.45, 2.75) is 148 Å². The van der Waals surface area contributed by atoms with E-state index >= 15 is 0 Å². The van der Waals surface area contributed by atoms with Gasteiger partial charge in [0.2, 0.25) is 0 Å². The molecule has 3 aliphatic heterocycles. The molecule has 17 nitrogen and oxygen atoms in total. The molecule has 5 heterocycles. The van der Waals surface area contributed by atoms with Crippen LogP contribution in [0.5, 0.6) is 0 Å². The molecule has 2 N–H and O–H groups in total. The Kier molecular flexibility index (Phi) is 14.5. The first-order chi connectivity index (χ1) is 26.9. The van der Waals surface area contributed by atoms with Crippen LogP contribution in [0.3, 0.4) is 0 Å². The molecule has 13 atom stereocenters. The number of likely N-dealkylation sites (N-methyl/N-ethyl adjacent to an activating group) is 1. The van der Waals surface area contributed by atoms with Crippen molar-refractivity contribution >= 4 is 17.8 Å². The first-order valence-corrected chi connectivity index (χ1v) is 20.3. The molecular weight excluding hydrogens is 736 g/mol. The number of aryl methyl sites for hydroxylation is 1. The van der Waals surface area contributed by atoms with Crippen molar-refractivity contribution in [3.8, 4) is 11.4 Å². The maximum absolute atomic E-state index is 14.3. The largest absolute Gasteiger partial charge is 0.458 e. The van der Waals surface area contributed by atoms with Gasteiger partial charge in [0.25, 0.3) is 0 Å². The highest BCUT2D eigenvalue weighted by Crippen LogP contribution is 2.39. The van der Waals surface area contributed by atoms with Crippen LogP contribution in [0, 0.1) is 17.8 Å². The van der Waals surface area contributed by atoms with Crippen LogP contribution in [0.4, 0.5) is 4.79 Å². The topological polar surface area (TPSA) is 193 Å². The molecule has 0 aromatic carbocycles. The highest BCUT2D eigenvalue weighted by atomic mass is 16.7. The lowest BCUT2D eigenvalue weighted by atomic mass is 9.78. The van der Waals surface area contributed by atoms with Gasteiger partial charge in [-0.25, -0.2) is 4.79 Å². The fraction of sp³-hybridized carbons (Fsp3) is 0.775. The third-order valence-corrected chi connectivity index (χ3v) is 12.3. The number of ketones is 1. The predicted molar refractivity (Wildman–Crippen MR) is 209 cm³/mol. The summed E-state index contributed by atoms with van der Waals surface area (Å²) in [5, 5.41) is 31.5. The zero-order valence-corrected chi connectivity index (χ0v) is 35.5. The summed E-state index contributed by atoms with van der Waals surface area (Å²) < 4.78 is 32.9. The summed E-state index contributed by atoms with van der Waals surface area (Å²) in [6.07, 6.45) is 1.30. The zero-order chi connectivity index (χ0) is 41.8. The van der Waals surface area contributed by atoms with Gasteiger partial charge in [-0.05, 0) is 106 Å². The number of unbranched alkanes of at least 4 members (excludes halogenated alkanes) is 1. The Morgan fingerprint density at radius 3 is 2.42 bits per heavy atom. The standard InChI is InChI=1S/C40H64N8O9/c1-23-20-39(7,53-11)35(56-37-33(50)31(46(9)10)19-24(2)54-37)25(3)32(49)26(4)36(51)55-28(6)40(8)34(27(5)41-21-23)48(38(52)57-40)18-13-12-17-47-22-30(44-45-47)29-15-14-16-42-43-29/h14-16,22-28,31,33-35,37,41,50H,12-13,17-21H2,1-11H3/t23-,24-,25+,26-,27-,28-,31?,33?,34-,35-,37+,39-,40-/m1/s1. The molecule has 3 saturated heterocycles. The fourth-order valence-corrected chi connectivity index (χ4v) is 8.79. The highest BCUT2D eigenvalue weighted by Gasteiger charge is 2.58. The molecule has 17 heteroatoms. The first-order valence-electron chi connectivity index (χ1n) is 20.3. The van der Waals surface area contributed by atoms with Crippen LogP contribution in [0.2, 0.25) is 0 Å². The van der Waals surface area contributed by atoms with Crippen LogP contribution in [0.15, 0.2) is 24.5 Å². The van der Waals surface area contributed by atoms with Crippen molar-refractivity contribution in [1.82, 2.24) is 40.3 Å². The maximum atomic E-state index is 14.3. The van der Waals surface area contributed by atoms with Gasteiger partial charge < -0.3 is 39.0 Å². The molecule has 2 aromatic rings. The van der Waals surface area contributed by atoms with Crippen molar-refractivity contribution < 1.29 is 43.2 Å². The minimum absolute atomic E-state index is 0.0125. The number of carbonyl (C=O) groups is 3. The van der Waals surface area contributed by atoms with Gasteiger partial charge in [0.1, 0.15) is 29.5 Å². The zero-order valence-electron chi connectivity index (χ0n) is 35.5. The van der Waals surface area contributed by atoms with Gasteiger partial charge in [-0.2, -0.15) is 5.10 Å². The number of ether oxygens (including phenoxy) is 5. The Balaban J connectivity index is 1.36. The minimum atomic E-state index is -1.24. The number of amides is 1. The lowest BCUT2D eigenvalue weighted by Gasteiger charge is -2.46. The van der Waals surface area contributed by atoms with E-state index in [-0.39, 0.29) is 24.1 Å². The number of aliphatic hydroxyl groups is 1. The number of methoxy groups -OCH3 is 1. The molecule has 2 aromatic heterocycles. The van der Waals surface area contributed by atoms with Crippen molar-refractivity contribution in [2.24, 2.45) is 17.8 Å². The smallest absolute Gasteiger partial charge is 0.410 e. The number of nitrogens with zero attached hydrogens (tertiary/aromatic N) is 7. The van der Waals surface area contributed by atoms with Gasteiger partial charge in [-0.15, -0.1) is 10.2 Å². The number of esters is 1. The number of rotatable bonds is 10. The summed E-state index contributed by atoms with van der Waals surface area (Å²) in [7, 11) is 5.38. The maximum Gasteiger partial charge on any atom is 0.410 e.